The fourth-order valence-electron chi connectivity index (χ4n) is 3.20. The number of fused-ring (bicyclic) bond motifs is 1. The lowest BCUT2D eigenvalue weighted by molar-refractivity contribution is -0.136. The Hall–Kier alpha value is -2.96. The van der Waals surface area contributed by atoms with Gasteiger partial charge >= 0.3 is 0 Å². The van der Waals surface area contributed by atoms with Crippen molar-refractivity contribution < 1.29 is 4.79 Å². The van der Waals surface area contributed by atoms with Crippen molar-refractivity contribution >= 4 is 5.91 Å². The minimum Gasteiger partial charge on any atom is -0.333 e. The molecular weight excluding hydrogens is 316 g/mol. The van der Waals surface area contributed by atoms with Gasteiger partial charge < -0.3 is 4.90 Å². The van der Waals surface area contributed by atoms with E-state index in [1.54, 1.807) is 11.0 Å². The summed E-state index contributed by atoms with van der Waals surface area (Å²) >= 11 is 0. The van der Waals surface area contributed by atoms with Gasteiger partial charge in [-0.2, -0.15) is 10.2 Å². The Labute approximate surface area is 145 Å². The van der Waals surface area contributed by atoms with Crippen LogP contribution >= 0.6 is 0 Å². The third-order valence-electron chi connectivity index (χ3n) is 4.58. The Balaban J connectivity index is 1.47. The van der Waals surface area contributed by atoms with Crippen LogP contribution in [0.3, 0.4) is 0 Å². The standard InChI is InChI=1S/C18H20N6O/c1-14(24-13-19-12-20-24)18(25)22-7-8-23-17(11-22)10-16(21-23)9-15-5-3-2-4-6-15/h2-6,10,12-14H,7-9,11H2,1H3/t14-/m0/s1. The number of aromatic nitrogens is 5. The summed E-state index contributed by atoms with van der Waals surface area (Å²) in [6, 6.07) is 12.1. The van der Waals surface area contributed by atoms with Crippen molar-refractivity contribution in [1.29, 1.82) is 0 Å². The number of nitrogens with zero attached hydrogens (tertiary/aromatic N) is 6. The van der Waals surface area contributed by atoms with Gasteiger partial charge in [0.15, 0.2) is 0 Å². The Morgan fingerprint density at radius 1 is 1.24 bits per heavy atom. The molecule has 25 heavy (non-hydrogen) atoms. The maximum Gasteiger partial charge on any atom is 0.247 e. The van der Waals surface area contributed by atoms with Crippen LogP contribution in [0.2, 0.25) is 0 Å². The Morgan fingerprint density at radius 2 is 2.08 bits per heavy atom. The van der Waals surface area contributed by atoms with Crippen LogP contribution in [0.1, 0.15) is 29.9 Å². The highest BCUT2D eigenvalue weighted by Crippen LogP contribution is 2.19. The van der Waals surface area contributed by atoms with Gasteiger partial charge in [0.25, 0.3) is 0 Å². The zero-order valence-corrected chi connectivity index (χ0v) is 14.1. The summed E-state index contributed by atoms with van der Waals surface area (Å²) in [5.41, 5.74) is 3.36. The van der Waals surface area contributed by atoms with Gasteiger partial charge in [-0.25, -0.2) is 9.67 Å². The number of hydrogen-bond acceptors (Lipinski definition) is 4. The first-order valence-electron chi connectivity index (χ1n) is 8.43. The third-order valence-corrected chi connectivity index (χ3v) is 4.58. The maximum atomic E-state index is 12.7. The summed E-state index contributed by atoms with van der Waals surface area (Å²) in [7, 11) is 0. The van der Waals surface area contributed by atoms with Gasteiger partial charge in [-0.3, -0.25) is 9.48 Å². The second-order valence-corrected chi connectivity index (χ2v) is 6.32. The van der Waals surface area contributed by atoms with Crippen molar-refractivity contribution in [2.24, 2.45) is 0 Å². The van der Waals surface area contributed by atoms with E-state index in [1.165, 1.54) is 11.9 Å². The minimum atomic E-state index is -0.347. The van der Waals surface area contributed by atoms with E-state index in [9.17, 15) is 4.79 Å². The molecule has 0 radical (unpaired) electrons. The molecule has 1 amide bonds. The molecule has 4 rings (SSSR count). The molecule has 2 aromatic heterocycles. The normalized spacial score (nSPS) is 15.0. The zero-order chi connectivity index (χ0) is 17.2. The summed E-state index contributed by atoms with van der Waals surface area (Å²) in [6.45, 7) is 3.82. The average Bonchev–Trinajstić information content (AvgIpc) is 3.30. The molecule has 1 aliphatic heterocycles. The molecule has 0 saturated heterocycles. The van der Waals surface area contributed by atoms with E-state index in [-0.39, 0.29) is 11.9 Å². The van der Waals surface area contributed by atoms with E-state index in [2.05, 4.69) is 33.4 Å². The molecule has 0 fully saturated rings. The van der Waals surface area contributed by atoms with Crippen LogP contribution < -0.4 is 0 Å². The fourth-order valence-corrected chi connectivity index (χ4v) is 3.20. The number of amides is 1. The third kappa shape index (κ3) is 3.17. The SMILES string of the molecule is C[C@@H](C(=O)N1CCn2nc(Cc3ccccc3)cc2C1)n1cncn1. The molecule has 1 atom stereocenters. The van der Waals surface area contributed by atoms with Crippen LogP contribution in [-0.4, -0.2) is 41.9 Å². The Kier molecular flexibility index (Phi) is 4.05. The van der Waals surface area contributed by atoms with Gasteiger partial charge in [0.05, 0.1) is 24.5 Å². The average molecular weight is 336 g/mol. The topological polar surface area (TPSA) is 68.8 Å². The first-order chi connectivity index (χ1) is 12.2. The number of carbonyl (C=O) groups excluding carboxylic acids is 1. The molecule has 0 aliphatic carbocycles. The van der Waals surface area contributed by atoms with Crippen LogP contribution in [0.4, 0.5) is 0 Å². The number of carbonyl (C=O) groups is 1. The van der Waals surface area contributed by atoms with Gasteiger partial charge in [-0.15, -0.1) is 0 Å². The molecule has 0 bridgehead atoms. The molecule has 1 aromatic carbocycles. The highest BCUT2D eigenvalue weighted by molar-refractivity contribution is 5.80. The van der Waals surface area contributed by atoms with Crippen LogP contribution in [0.5, 0.6) is 0 Å². The van der Waals surface area contributed by atoms with E-state index < -0.39 is 0 Å². The van der Waals surface area contributed by atoms with E-state index in [0.29, 0.717) is 13.1 Å². The lowest BCUT2D eigenvalue weighted by Crippen LogP contribution is -2.41. The molecule has 0 N–H and O–H groups in total. The van der Waals surface area contributed by atoms with Gasteiger partial charge in [-0.1, -0.05) is 30.3 Å². The van der Waals surface area contributed by atoms with E-state index in [0.717, 1.165) is 24.4 Å². The lowest BCUT2D eigenvalue weighted by atomic mass is 10.1. The van der Waals surface area contributed by atoms with Crippen LogP contribution in [-0.2, 0) is 24.3 Å². The first-order valence-corrected chi connectivity index (χ1v) is 8.43. The monoisotopic (exact) mass is 336 g/mol. The van der Waals surface area contributed by atoms with Gasteiger partial charge in [0.2, 0.25) is 5.91 Å². The number of benzene rings is 1. The quantitative estimate of drug-likeness (QED) is 0.727. The summed E-state index contributed by atoms with van der Waals surface area (Å²) in [5, 5.41) is 8.75. The molecule has 0 unspecified atom stereocenters. The molecule has 0 spiro atoms. The molecule has 1 aliphatic rings. The van der Waals surface area contributed by atoms with Gasteiger partial charge in [0, 0.05) is 13.0 Å². The Bertz CT molecular complexity index is 855. The smallest absolute Gasteiger partial charge is 0.247 e. The number of hydrogen-bond donors (Lipinski definition) is 0. The van der Waals surface area contributed by atoms with E-state index in [1.807, 2.05) is 34.7 Å². The second kappa shape index (κ2) is 6.51. The minimum absolute atomic E-state index is 0.0579. The van der Waals surface area contributed by atoms with E-state index in [4.69, 9.17) is 0 Å². The molecule has 128 valence electrons. The summed E-state index contributed by atoms with van der Waals surface area (Å²) in [4.78, 5) is 18.5. The summed E-state index contributed by atoms with van der Waals surface area (Å²) < 4.78 is 3.61. The lowest BCUT2D eigenvalue weighted by Gasteiger charge is -2.29. The molecular formula is C18H20N6O. The highest BCUT2D eigenvalue weighted by atomic mass is 16.2. The number of rotatable bonds is 4. The predicted octanol–water partition coefficient (Wildman–Crippen LogP) is 1.67. The molecule has 7 heteroatoms. The fraction of sp³-hybridized carbons (Fsp3) is 0.333. The van der Waals surface area contributed by atoms with Crippen LogP contribution in [0.15, 0.2) is 49.1 Å². The van der Waals surface area contributed by atoms with Crippen LogP contribution in [0.25, 0.3) is 0 Å². The highest BCUT2D eigenvalue weighted by Gasteiger charge is 2.27. The van der Waals surface area contributed by atoms with E-state index >= 15 is 0 Å². The van der Waals surface area contributed by atoms with Gasteiger partial charge in [-0.05, 0) is 18.6 Å². The zero-order valence-electron chi connectivity index (χ0n) is 14.1. The molecule has 3 heterocycles. The second-order valence-electron chi connectivity index (χ2n) is 6.32. The van der Waals surface area contributed by atoms with Gasteiger partial charge in [0.1, 0.15) is 18.7 Å². The molecule has 0 saturated carbocycles. The van der Waals surface area contributed by atoms with Crippen molar-refractivity contribution in [3.8, 4) is 0 Å². The van der Waals surface area contributed by atoms with Crippen molar-refractivity contribution in [3.05, 3.63) is 66.0 Å². The van der Waals surface area contributed by atoms with Crippen molar-refractivity contribution in [2.75, 3.05) is 6.54 Å². The largest absolute Gasteiger partial charge is 0.333 e. The summed E-state index contributed by atoms with van der Waals surface area (Å²) in [5.74, 6) is 0.0579. The van der Waals surface area contributed by atoms with Crippen molar-refractivity contribution in [1.82, 2.24) is 29.4 Å². The summed E-state index contributed by atoms with van der Waals surface area (Å²) in [6.07, 6.45) is 3.84. The molecule has 7 nitrogen and oxygen atoms in total. The predicted molar refractivity (Wildman–Crippen MR) is 91.6 cm³/mol. The van der Waals surface area contributed by atoms with Crippen LogP contribution in [0, 0.1) is 0 Å². The Morgan fingerprint density at radius 3 is 2.84 bits per heavy atom. The first kappa shape index (κ1) is 15.6. The maximum absolute atomic E-state index is 12.7. The van der Waals surface area contributed by atoms with Crippen molar-refractivity contribution in [2.45, 2.75) is 32.5 Å². The molecule has 3 aromatic rings. The van der Waals surface area contributed by atoms with Crippen molar-refractivity contribution in [3.63, 3.8) is 0 Å².